The van der Waals surface area contributed by atoms with Crippen molar-refractivity contribution in [3.63, 3.8) is 0 Å². The van der Waals surface area contributed by atoms with E-state index in [-0.39, 0.29) is 17.6 Å². The van der Waals surface area contributed by atoms with Crippen molar-refractivity contribution in [2.24, 2.45) is 5.92 Å². The van der Waals surface area contributed by atoms with Crippen LogP contribution in [0, 0.1) is 5.92 Å². The normalized spacial score (nSPS) is 23.1. The summed E-state index contributed by atoms with van der Waals surface area (Å²) in [7, 11) is 0. The van der Waals surface area contributed by atoms with Crippen molar-refractivity contribution in [3.05, 3.63) is 83.1 Å². The topological polar surface area (TPSA) is 46.5 Å². The zero-order valence-corrected chi connectivity index (χ0v) is 18.6. The van der Waals surface area contributed by atoms with Crippen LogP contribution in [0.3, 0.4) is 0 Å². The Balaban J connectivity index is 1.63. The number of ether oxygens (including phenoxy) is 1. The standard InChI is InChI=1S/C28H34O3/c1-2-18-28(19-17-21-11-5-3-6-12-21)20-24(29)26(27(30)31-28)25(23-15-9-10-16-23)22-13-7-4-8-14-22/h3-8,11-14,23,25,29H,2,9-10,15-20H2,1H3. The highest BCUT2D eigenvalue weighted by Gasteiger charge is 2.45. The van der Waals surface area contributed by atoms with E-state index in [0.29, 0.717) is 17.9 Å². The van der Waals surface area contributed by atoms with E-state index in [4.69, 9.17) is 4.74 Å². The highest BCUT2D eigenvalue weighted by Crippen LogP contribution is 2.47. The second-order valence-electron chi connectivity index (χ2n) is 9.28. The lowest BCUT2D eigenvalue weighted by Crippen LogP contribution is -2.42. The molecular formula is C28H34O3. The number of carbonyl (C=O) groups excluding carboxylic acids is 1. The zero-order valence-electron chi connectivity index (χ0n) is 18.6. The van der Waals surface area contributed by atoms with Gasteiger partial charge in [0.2, 0.25) is 0 Å². The van der Waals surface area contributed by atoms with E-state index in [1.807, 2.05) is 36.4 Å². The highest BCUT2D eigenvalue weighted by atomic mass is 16.6. The fourth-order valence-corrected chi connectivity index (χ4v) is 5.61. The Morgan fingerprint density at radius 1 is 1.00 bits per heavy atom. The van der Waals surface area contributed by atoms with Crippen molar-refractivity contribution in [2.45, 2.75) is 76.2 Å². The summed E-state index contributed by atoms with van der Waals surface area (Å²) in [5, 5.41) is 11.3. The van der Waals surface area contributed by atoms with E-state index in [1.165, 1.54) is 18.4 Å². The van der Waals surface area contributed by atoms with E-state index in [9.17, 15) is 9.90 Å². The van der Waals surface area contributed by atoms with Gasteiger partial charge in [-0.2, -0.15) is 0 Å². The SMILES string of the molecule is CCCC1(CCc2ccccc2)CC(O)=C(C(c2ccccc2)C2CCCC2)C(=O)O1. The monoisotopic (exact) mass is 418 g/mol. The van der Waals surface area contributed by atoms with E-state index in [1.54, 1.807) is 0 Å². The van der Waals surface area contributed by atoms with Crippen molar-refractivity contribution < 1.29 is 14.6 Å². The van der Waals surface area contributed by atoms with Crippen LogP contribution >= 0.6 is 0 Å². The molecule has 0 amide bonds. The number of aliphatic hydroxyl groups excluding tert-OH is 1. The minimum absolute atomic E-state index is 0.0788. The fourth-order valence-electron chi connectivity index (χ4n) is 5.61. The summed E-state index contributed by atoms with van der Waals surface area (Å²) in [6, 6.07) is 20.5. The maximum atomic E-state index is 13.4. The van der Waals surface area contributed by atoms with E-state index in [2.05, 4.69) is 31.2 Å². The van der Waals surface area contributed by atoms with Crippen molar-refractivity contribution in [2.75, 3.05) is 0 Å². The minimum atomic E-state index is -0.619. The molecule has 0 bridgehead atoms. The average molecular weight is 419 g/mol. The van der Waals surface area contributed by atoms with Gasteiger partial charge in [-0.15, -0.1) is 0 Å². The first-order chi connectivity index (χ1) is 15.1. The van der Waals surface area contributed by atoms with Crippen LogP contribution in [0.5, 0.6) is 0 Å². The van der Waals surface area contributed by atoms with Crippen molar-refractivity contribution >= 4 is 5.97 Å². The third kappa shape index (κ3) is 4.87. The van der Waals surface area contributed by atoms with Crippen LogP contribution in [0.15, 0.2) is 72.0 Å². The molecule has 0 saturated heterocycles. The molecule has 3 heteroatoms. The van der Waals surface area contributed by atoms with Gasteiger partial charge in [0.1, 0.15) is 11.4 Å². The molecule has 0 spiro atoms. The summed E-state index contributed by atoms with van der Waals surface area (Å²) in [6.45, 7) is 2.11. The Morgan fingerprint density at radius 3 is 2.26 bits per heavy atom. The first-order valence-electron chi connectivity index (χ1n) is 11.9. The number of hydrogen-bond donors (Lipinski definition) is 1. The van der Waals surface area contributed by atoms with Crippen molar-refractivity contribution in [1.29, 1.82) is 0 Å². The molecule has 2 atom stereocenters. The lowest BCUT2D eigenvalue weighted by molar-refractivity contribution is -0.161. The third-order valence-corrected chi connectivity index (χ3v) is 7.09. The molecule has 1 aliphatic carbocycles. The van der Waals surface area contributed by atoms with E-state index >= 15 is 0 Å². The minimum Gasteiger partial charge on any atom is -0.512 e. The number of aryl methyl sites for hydroxylation is 1. The number of hydrogen-bond acceptors (Lipinski definition) is 3. The van der Waals surface area contributed by atoms with Gasteiger partial charge in [0.25, 0.3) is 0 Å². The van der Waals surface area contributed by atoms with Gasteiger partial charge in [0.15, 0.2) is 0 Å². The quantitative estimate of drug-likeness (QED) is 0.475. The van der Waals surface area contributed by atoms with Crippen LogP contribution in [-0.2, 0) is 16.0 Å². The molecule has 0 aromatic heterocycles. The average Bonchev–Trinajstić information content (AvgIpc) is 3.31. The summed E-state index contributed by atoms with van der Waals surface area (Å²) >= 11 is 0. The van der Waals surface area contributed by atoms with Gasteiger partial charge in [-0.1, -0.05) is 86.8 Å². The Bertz CT molecular complexity index is 896. The van der Waals surface area contributed by atoms with Crippen LogP contribution in [0.4, 0.5) is 0 Å². The molecule has 2 unspecified atom stereocenters. The van der Waals surface area contributed by atoms with Gasteiger partial charge in [-0.3, -0.25) is 0 Å². The van der Waals surface area contributed by atoms with Crippen LogP contribution in [0.25, 0.3) is 0 Å². The Kier molecular flexibility index (Phi) is 6.80. The third-order valence-electron chi connectivity index (χ3n) is 7.09. The summed E-state index contributed by atoms with van der Waals surface area (Å²) in [5.74, 6) is 0.240. The van der Waals surface area contributed by atoms with Gasteiger partial charge in [-0.25, -0.2) is 4.79 Å². The molecule has 3 nitrogen and oxygen atoms in total. The molecular weight excluding hydrogens is 384 g/mol. The van der Waals surface area contributed by atoms with Gasteiger partial charge in [-0.05, 0) is 49.1 Å². The number of aliphatic hydroxyl groups is 1. The van der Waals surface area contributed by atoms with E-state index < -0.39 is 5.60 Å². The van der Waals surface area contributed by atoms with Crippen LogP contribution in [0.1, 0.15) is 75.3 Å². The summed E-state index contributed by atoms with van der Waals surface area (Å²) in [5.41, 5.74) is 2.23. The number of cyclic esters (lactones) is 1. The first kappa shape index (κ1) is 21.7. The molecule has 1 heterocycles. The summed E-state index contributed by atoms with van der Waals surface area (Å²) in [6.07, 6.45) is 8.23. The summed E-state index contributed by atoms with van der Waals surface area (Å²) in [4.78, 5) is 13.4. The first-order valence-corrected chi connectivity index (χ1v) is 11.9. The van der Waals surface area contributed by atoms with Gasteiger partial charge >= 0.3 is 5.97 Å². The molecule has 0 radical (unpaired) electrons. The lowest BCUT2D eigenvalue weighted by Gasteiger charge is -2.39. The van der Waals surface area contributed by atoms with Gasteiger partial charge in [0, 0.05) is 12.3 Å². The lowest BCUT2D eigenvalue weighted by atomic mass is 9.75. The molecule has 2 aromatic rings. The molecule has 1 aliphatic heterocycles. The maximum Gasteiger partial charge on any atom is 0.338 e. The molecule has 1 N–H and O–H groups in total. The molecule has 1 saturated carbocycles. The van der Waals surface area contributed by atoms with E-state index in [0.717, 1.165) is 44.1 Å². The van der Waals surface area contributed by atoms with Gasteiger partial charge in [0.05, 0.1) is 5.57 Å². The predicted octanol–water partition coefficient (Wildman–Crippen LogP) is 6.89. The largest absolute Gasteiger partial charge is 0.512 e. The van der Waals surface area contributed by atoms with Gasteiger partial charge < -0.3 is 9.84 Å². The number of esters is 1. The molecule has 2 aromatic carbocycles. The number of rotatable bonds is 8. The van der Waals surface area contributed by atoms with Crippen LogP contribution < -0.4 is 0 Å². The van der Waals surface area contributed by atoms with Crippen LogP contribution in [-0.4, -0.2) is 16.7 Å². The smallest absolute Gasteiger partial charge is 0.338 e. The number of carbonyl (C=O) groups is 1. The summed E-state index contributed by atoms with van der Waals surface area (Å²) < 4.78 is 6.22. The molecule has 1 fully saturated rings. The van der Waals surface area contributed by atoms with Crippen LogP contribution in [0.2, 0.25) is 0 Å². The fraction of sp³-hybridized carbons (Fsp3) is 0.464. The second-order valence-corrected chi connectivity index (χ2v) is 9.28. The molecule has 164 valence electrons. The Labute approximate surface area is 186 Å². The van der Waals surface area contributed by atoms with Crippen molar-refractivity contribution in [3.8, 4) is 0 Å². The van der Waals surface area contributed by atoms with Crippen molar-refractivity contribution in [1.82, 2.24) is 0 Å². The predicted molar refractivity (Wildman–Crippen MR) is 124 cm³/mol. The number of benzene rings is 2. The molecule has 2 aliphatic rings. The second kappa shape index (κ2) is 9.72. The Hall–Kier alpha value is -2.55. The Morgan fingerprint density at radius 2 is 1.65 bits per heavy atom. The maximum absolute atomic E-state index is 13.4. The zero-order chi connectivity index (χ0) is 21.7. The molecule has 31 heavy (non-hydrogen) atoms. The molecule has 4 rings (SSSR count). The highest BCUT2D eigenvalue weighted by molar-refractivity contribution is 5.92.